The molecule has 0 aromatic heterocycles. The first kappa shape index (κ1) is 14.0. The van der Waals surface area contributed by atoms with Crippen molar-refractivity contribution in [2.24, 2.45) is 5.92 Å². The molecule has 0 aromatic rings. The van der Waals surface area contributed by atoms with Gasteiger partial charge in [-0.25, -0.2) is 4.79 Å². The van der Waals surface area contributed by atoms with Crippen molar-refractivity contribution in [3.63, 3.8) is 0 Å². The second kappa shape index (κ2) is 5.31. The van der Waals surface area contributed by atoms with E-state index in [4.69, 9.17) is 4.74 Å². The number of carbonyl (C=O) groups excluding carboxylic acids is 1. The van der Waals surface area contributed by atoms with Crippen LogP contribution in [0, 0.1) is 5.92 Å². The maximum atomic E-state index is 11.6. The second-order valence-corrected chi connectivity index (χ2v) is 5.42. The van der Waals surface area contributed by atoms with Gasteiger partial charge in [-0.1, -0.05) is 24.8 Å². The van der Waals surface area contributed by atoms with Crippen LogP contribution in [-0.2, 0) is 9.53 Å². The average Bonchev–Trinajstić information content (AvgIpc) is 2.60. The molecule has 19 heavy (non-hydrogen) atoms. The van der Waals surface area contributed by atoms with Gasteiger partial charge in [0.05, 0.1) is 18.1 Å². The molecule has 1 heterocycles. The summed E-state index contributed by atoms with van der Waals surface area (Å²) in [5.74, 6) is -0.925. The van der Waals surface area contributed by atoms with E-state index >= 15 is 0 Å². The summed E-state index contributed by atoms with van der Waals surface area (Å²) < 4.78 is 5.23. The van der Waals surface area contributed by atoms with Crippen molar-refractivity contribution >= 4 is 5.97 Å². The van der Waals surface area contributed by atoms with Crippen molar-refractivity contribution in [2.75, 3.05) is 0 Å². The van der Waals surface area contributed by atoms with Gasteiger partial charge in [0.15, 0.2) is 0 Å². The molecule has 0 saturated carbocycles. The smallest absolute Gasteiger partial charge is 0.334 e. The lowest BCUT2D eigenvalue weighted by Gasteiger charge is -2.25. The molecule has 0 radical (unpaired) electrons. The summed E-state index contributed by atoms with van der Waals surface area (Å²) in [6.45, 7) is 9.47. The van der Waals surface area contributed by atoms with E-state index < -0.39 is 30.2 Å². The number of carbonyl (C=O) groups is 1. The summed E-state index contributed by atoms with van der Waals surface area (Å²) in [7, 11) is 0. The number of fused-ring (bicyclic) bond motifs is 1. The normalized spacial score (nSPS) is 39.3. The molecule has 4 nitrogen and oxygen atoms in total. The predicted octanol–water partition coefficient (Wildman–Crippen LogP) is 1.49. The number of esters is 1. The van der Waals surface area contributed by atoms with E-state index in [2.05, 4.69) is 13.2 Å². The third-order valence-electron chi connectivity index (χ3n) is 3.89. The molecule has 104 valence electrons. The van der Waals surface area contributed by atoms with Crippen LogP contribution < -0.4 is 0 Å². The van der Waals surface area contributed by atoms with Crippen LogP contribution in [0.15, 0.2) is 36.0 Å². The molecular weight excluding hydrogens is 244 g/mol. The molecule has 4 atom stereocenters. The minimum atomic E-state index is -0.785. The Hall–Kier alpha value is -1.39. The molecule has 0 bridgehead atoms. The van der Waals surface area contributed by atoms with E-state index in [9.17, 15) is 15.0 Å². The zero-order valence-corrected chi connectivity index (χ0v) is 11.1. The molecule has 1 fully saturated rings. The SMILES string of the molecule is C=C1C(=O)O[C@@H]2CC(=C)[C@@H](O)CC/C(C)=C/[C@H](O)[C@@H]12. The Labute approximate surface area is 113 Å². The summed E-state index contributed by atoms with van der Waals surface area (Å²) >= 11 is 0. The number of hydrogen-bond acceptors (Lipinski definition) is 4. The fourth-order valence-electron chi connectivity index (χ4n) is 2.68. The van der Waals surface area contributed by atoms with E-state index in [1.807, 2.05) is 6.92 Å². The van der Waals surface area contributed by atoms with Gasteiger partial charge in [0.25, 0.3) is 0 Å². The molecule has 2 N–H and O–H groups in total. The van der Waals surface area contributed by atoms with Gasteiger partial charge in [-0.15, -0.1) is 0 Å². The lowest BCUT2D eigenvalue weighted by atomic mass is 9.84. The maximum Gasteiger partial charge on any atom is 0.334 e. The highest BCUT2D eigenvalue weighted by Gasteiger charge is 2.42. The van der Waals surface area contributed by atoms with Crippen LogP contribution in [0.4, 0.5) is 0 Å². The van der Waals surface area contributed by atoms with E-state index in [-0.39, 0.29) is 0 Å². The number of aliphatic hydroxyl groups excluding tert-OH is 2. The molecule has 4 heteroatoms. The minimum Gasteiger partial charge on any atom is -0.458 e. The Bertz CT molecular complexity index is 449. The third kappa shape index (κ3) is 2.80. The van der Waals surface area contributed by atoms with E-state index in [1.54, 1.807) is 6.08 Å². The van der Waals surface area contributed by atoms with Crippen LogP contribution in [0.25, 0.3) is 0 Å². The fourth-order valence-corrected chi connectivity index (χ4v) is 2.68. The topological polar surface area (TPSA) is 66.8 Å². The number of allylic oxidation sites excluding steroid dienone is 1. The maximum absolute atomic E-state index is 11.6. The summed E-state index contributed by atoms with van der Waals surface area (Å²) in [6, 6.07) is 0. The molecule has 2 rings (SSSR count). The van der Waals surface area contributed by atoms with Gasteiger partial charge in [0.2, 0.25) is 0 Å². The Morgan fingerprint density at radius 3 is 2.74 bits per heavy atom. The quantitative estimate of drug-likeness (QED) is 0.395. The molecule has 0 aromatic carbocycles. The van der Waals surface area contributed by atoms with Crippen LogP contribution >= 0.6 is 0 Å². The predicted molar refractivity (Wildman–Crippen MR) is 71.3 cm³/mol. The third-order valence-corrected chi connectivity index (χ3v) is 3.89. The highest BCUT2D eigenvalue weighted by atomic mass is 16.6. The zero-order chi connectivity index (χ0) is 14.2. The lowest BCUT2D eigenvalue weighted by molar-refractivity contribution is -0.139. The second-order valence-electron chi connectivity index (χ2n) is 5.42. The van der Waals surface area contributed by atoms with Crippen molar-refractivity contribution in [1.29, 1.82) is 0 Å². The number of aliphatic hydroxyl groups is 2. The van der Waals surface area contributed by atoms with Crippen LogP contribution in [0.3, 0.4) is 0 Å². The number of rotatable bonds is 0. The van der Waals surface area contributed by atoms with Crippen LogP contribution in [0.5, 0.6) is 0 Å². The molecule has 1 aliphatic heterocycles. The monoisotopic (exact) mass is 264 g/mol. The molecule has 0 amide bonds. The van der Waals surface area contributed by atoms with Gasteiger partial charge < -0.3 is 14.9 Å². The van der Waals surface area contributed by atoms with E-state index in [0.717, 1.165) is 5.57 Å². The Balaban J connectivity index is 2.33. The summed E-state index contributed by atoms with van der Waals surface area (Å²) in [5, 5.41) is 20.2. The fraction of sp³-hybridized carbons (Fsp3) is 0.533. The van der Waals surface area contributed by atoms with Gasteiger partial charge in [-0.05, 0) is 25.3 Å². The first-order valence-corrected chi connectivity index (χ1v) is 6.51. The molecule has 0 spiro atoms. The van der Waals surface area contributed by atoms with Gasteiger partial charge in [-0.2, -0.15) is 0 Å². The van der Waals surface area contributed by atoms with Gasteiger partial charge in [0, 0.05) is 12.0 Å². The van der Waals surface area contributed by atoms with Crippen molar-refractivity contribution in [3.05, 3.63) is 36.0 Å². The Kier molecular flexibility index (Phi) is 3.92. The lowest BCUT2D eigenvalue weighted by Crippen LogP contribution is -2.30. The average molecular weight is 264 g/mol. The zero-order valence-electron chi connectivity index (χ0n) is 11.1. The van der Waals surface area contributed by atoms with Crippen LogP contribution in [0.1, 0.15) is 26.2 Å². The van der Waals surface area contributed by atoms with E-state index in [0.29, 0.717) is 30.4 Å². The van der Waals surface area contributed by atoms with E-state index in [1.165, 1.54) is 0 Å². The first-order chi connectivity index (χ1) is 8.90. The van der Waals surface area contributed by atoms with Crippen molar-refractivity contribution in [3.8, 4) is 0 Å². The summed E-state index contributed by atoms with van der Waals surface area (Å²) in [6.07, 6.45) is 1.47. The molecule has 2 aliphatic rings. The molecule has 1 aliphatic carbocycles. The number of ether oxygens (including phenoxy) is 1. The Morgan fingerprint density at radius 1 is 1.37 bits per heavy atom. The summed E-state index contributed by atoms with van der Waals surface area (Å²) in [5.41, 5.74) is 1.91. The Morgan fingerprint density at radius 2 is 2.05 bits per heavy atom. The summed E-state index contributed by atoms with van der Waals surface area (Å²) in [4.78, 5) is 11.6. The molecule has 0 unspecified atom stereocenters. The highest BCUT2D eigenvalue weighted by Crippen LogP contribution is 2.35. The number of hydrogen-bond donors (Lipinski definition) is 2. The largest absolute Gasteiger partial charge is 0.458 e. The minimum absolute atomic E-state index is 0.296. The van der Waals surface area contributed by atoms with Gasteiger partial charge >= 0.3 is 5.97 Å². The standard InChI is InChI=1S/C15H20O4/c1-8-4-5-11(16)9(2)7-13-14(12(17)6-8)10(3)15(18)19-13/h6,11-14,16-17H,2-5,7H2,1H3/b8-6+/t11-,12-,13+,14+/m0/s1. The van der Waals surface area contributed by atoms with Crippen LogP contribution in [0.2, 0.25) is 0 Å². The van der Waals surface area contributed by atoms with Crippen LogP contribution in [-0.4, -0.2) is 34.5 Å². The highest BCUT2D eigenvalue weighted by molar-refractivity contribution is 5.91. The van der Waals surface area contributed by atoms with Gasteiger partial charge in [0.1, 0.15) is 6.10 Å². The van der Waals surface area contributed by atoms with Crippen molar-refractivity contribution < 1.29 is 19.7 Å². The first-order valence-electron chi connectivity index (χ1n) is 6.51. The van der Waals surface area contributed by atoms with Crippen molar-refractivity contribution in [1.82, 2.24) is 0 Å². The van der Waals surface area contributed by atoms with Crippen molar-refractivity contribution in [2.45, 2.75) is 44.5 Å². The molecule has 1 saturated heterocycles. The molecular formula is C15H20O4. The van der Waals surface area contributed by atoms with Gasteiger partial charge in [-0.3, -0.25) is 0 Å².